The molecule has 1 fully saturated rings. The van der Waals surface area contributed by atoms with Crippen molar-refractivity contribution < 1.29 is 14.0 Å². The zero-order chi connectivity index (χ0) is 10.6. The maximum absolute atomic E-state index is 5.65. The van der Waals surface area contributed by atoms with E-state index in [4.69, 9.17) is 14.0 Å². The third-order valence-corrected chi connectivity index (χ3v) is 2.29. The second-order valence-corrected chi connectivity index (χ2v) is 4.54. The van der Waals surface area contributed by atoms with Crippen LogP contribution in [0.25, 0.3) is 0 Å². The molecule has 0 aromatic carbocycles. The molecule has 0 saturated carbocycles. The minimum atomic E-state index is -0.472. The second-order valence-electron chi connectivity index (χ2n) is 4.54. The molecule has 82 valence electrons. The van der Waals surface area contributed by atoms with Crippen molar-refractivity contribution in [1.82, 2.24) is 0 Å². The van der Waals surface area contributed by atoms with Crippen molar-refractivity contribution in [2.24, 2.45) is 0 Å². The highest BCUT2D eigenvalue weighted by molar-refractivity contribution is 6.36. The third kappa shape index (κ3) is 3.99. The predicted molar refractivity (Wildman–Crippen MR) is 56.9 cm³/mol. The average molecular weight is 200 g/mol. The molecule has 0 amide bonds. The zero-order valence-corrected chi connectivity index (χ0v) is 9.71. The van der Waals surface area contributed by atoms with E-state index in [-0.39, 0.29) is 11.7 Å². The summed E-state index contributed by atoms with van der Waals surface area (Å²) >= 11 is 0. The van der Waals surface area contributed by atoms with Crippen LogP contribution < -0.4 is 0 Å². The molecule has 0 radical (unpaired) electrons. The largest absolute Gasteiger partial charge is 0.640 e. The lowest BCUT2D eigenvalue weighted by Crippen LogP contribution is -2.47. The van der Waals surface area contributed by atoms with Crippen LogP contribution in [0.4, 0.5) is 0 Å². The van der Waals surface area contributed by atoms with E-state index < -0.39 is 7.32 Å². The van der Waals surface area contributed by atoms with Gasteiger partial charge in [0.05, 0.1) is 5.60 Å². The number of rotatable bonds is 4. The minimum absolute atomic E-state index is 0.130. The summed E-state index contributed by atoms with van der Waals surface area (Å²) in [6.07, 6.45) is 3.31. The Morgan fingerprint density at radius 3 is 2.79 bits per heavy atom. The van der Waals surface area contributed by atoms with Crippen LogP contribution in [0.1, 0.15) is 47.0 Å². The molecule has 14 heavy (non-hydrogen) atoms. The van der Waals surface area contributed by atoms with Crippen LogP contribution in [0.2, 0.25) is 0 Å². The van der Waals surface area contributed by atoms with Crippen LogP contribution in [0.5, 0.6) is 0 Å². The average Bonchev–Trinajstić information content (AvgIpc) is 2.00. The molecular weight excluding hydrogens is 179 g/mol. The zero-order valence-electron chi connectivity index (χ0n) is 9.71. The Morgan fingerprint density at radius 2 is 2.21 bits per heavy atom. The molecule has 1 heterocycles. The molecule has 0 spiro atoms. The van der Waals surface area contributed by atoms with Gasteiger partial charge in [-0.05, 0) is 33.6 Å². The van der Waals surface area contributed by atoms with E-state index in [9.17, 15) is 0 Å². The van der Waals surface area contributed by atoms with Crippen molar-refractivity contribution >= 4 is 7.32 Å². The summed E-state index contributed by atoms with van der Waals surface area (Å²) in [5.74, 6) is 0. The van der Waals surface area contributed by atoms with Gasteiger partial charge in [-0.15, -0.1) is 0 Å². The maximum atomic E-state index is 5.65. The Bertz CT molecular complexity index is 173. The maximum Gasteiger partial charge on any atom is 0.640 e. The Balaban J connectivity index is 2.30. The lowest BCUT2D eigenvalue weighted by molar-refractivity contribution is -0.0690. The van der Waals surface area contributed by atoms with E-state index >= 15 is 0 Å². The second kappa shape index (κ2) is 5.15. The summed E-state index contributed by atoms with van der Waals surface area (Å²) in [6, 6.07) is 0. The lowest BCUT2D eigenvalue weighted by atomic mass is 9.95. The standard InChI is InChI=1S/C10H21BO3/c1-5-6-7-12-11-13-9(2)8-10(3,4)14-11/h9H,5-8H2,1-4H3. The van der Waals surface area contributed by atoms with Crippen molar-refractivity contribution in [3.05, 3.63) is 0 Å². The Labute approximate surface area is 87.3 Å². The molecule has 0 N–H and O–H groups in total. The first-order valence-electron chi connectivity index (χ1n) is 5.48. The van der Waals surface area contributed by atoms with Crippen molar-refractivity contribution in [3.8, 4) is 0 Å². The fraction of sp³-hybridized carbons (Fsp3) is 1.00. The molecule has 3 nitrogen and oxygen atoms in total. The van der Waals surface area contributed by atoms with E-state index in [1.165, 1.54) is 0 Å². The Morgan fingerprint density at radius 1 is 1.50 bits per heavy atom. The van der Waals surface area contributed by atoms with E-state index in [0.717, 1.165) is 19.3 Å². The first kappa shape index (κ1) is 12.0. The molecule has 0 bridgehead atoms. The topological polar surface area (TPSA) is 27.7 Å². The molecule has 1 atom stereocenters. The highest BCUT2D eigenvalue weighted by Gasteiger charge is 2.38. The van der Waals surface area contributed by atoms with Gasteiger partial charge >= 0.3 is 7.32 Å². The van der Waals surface area contributed by atoms with Gasteiger partial charge < -0.3 is 14.0 Å². The SMILES string of the molecule is CCCCOB1OC(C)CC(C)(C)O1. The van der Waals surface area contributed by atoms with E-state index in [0.29, 0.717) is 6.61 Å². The minimum Gasteiger partial charge on any atom is -0.386 e. The van der Waals surface area contributed by atoms with E-state index in [2.05, 4.69) is 27.7 Å². The van der Waals surface area contributed by atoms with Crippen molar-refractivity contribution in [2.75, 3.05) is 6.61 Å². The number of unbranched alkanes of at least 4 members (excludes halogenated alkanes) is 1. The summed E-state index contributed by atoms with van der Waals surface area (Å²) in [5.41, 5.74) is -0.130. The van der Waals surface area contributed by atoms with Crippen LogP contribution in [0, 0.1) is 0 Å². The molecule has 4 heteroatoms. The molecule has 1 aliphatic heterocycles. The smallest absolute Gasteiger partial charge is 0.386 e. The van der Waals surface area contributed by atoms with Gasteiger partial charge in [0, 0.05) is 12.7 Å². The summed E-state index contributed by atoms with van der Waals surface area (Å²) in [7, 11) is -0.472. The van der Waals surface area contributed by atoms with Crippen LogP contribution in [0.15, 0.2) is 0 Å². The highest BCUT2D eigenvalue weighted by atomic mass is 16.7. The molecule has 1 aliphatic rings. The number of hydrogen-bond acceptors (Lipinski definition) is 3. The van der Waals surface area contributed by atoms with Crippen LogP contribution in [-0.4, -0.2) is 25.6 Å². The molecule has 1 rings (SSSR count). The van der Waals surface area contributed by atoms with Gasteiger partial charge in [0.1, 0.15) is 0 Å². The summed E-state index contributed by atoms with van der Waals surface area (Å²) in [4.78, 5) is 0. The van der Waals surface area contributed by atoms with Crippen molar-refractivity contribution in [3.63, 3.8) is 0 Å². The molecule has 0 aromatic heterocycles. The van der Waals surface area contributed by atoms with Gasteiger partial charge in [0.2, 0.25) is 0 Å². The van der Waals surface area contributed by atoms with Crippen LogP contribution >= 0.6 is 0 Å². The first-order chi connectivity index (χ1) is 6.53. The summed E-state index contributed by atoms with van der Waals surface area (Å²) < 4.78 is 16.7. The Kier molecular flexibility index (Phi) is 4.42. The fourth-order valence-corrected chi connectivity index (χ4v) is 1.66. The molecule has 1 unspecified atom stereocenters. The van der Waals surface area contributed by atoms with Gasteiger partial charge in [-0.2, -0.15) is 0 Å². The van der Waals surface area contributed by atoms with E-state index in [1.54, 1.807) is 0 Å². The summed E-state index contributed by atoms with van der Waals surface area (Å²) in [5, 5.41) is 0. The fourth-order valence-electron chi connectivity index (χ4n) is 1.66. The quantitative estimate of drug-likeness (QED) is 0.515. The molecular formula is C10H21BO3. The molecule has 0 aliphatic carbocycles. The normalized spacial score (nSPS) is 26.6. The number of hydrogen-bond donors (Lipinski definition) is 0. The molecule has 1 saturated heterocycles. The monoisotopic (exact) mass is 200 g/mol. The third-order valence-electron chi connectivity index (χ3n) is 2.29. The van der Waals surface area contributed by atoms with Crippen molar-refractivity contribution in [2.45, 2.75) is 58.7 Å². The highest BCUT2D eigenvalue weighted by Crippen LogP contribution is 2.25. The van der Waals surface area contributed by atoms with Gasteiger partial charge in [-0.3, -0.25) is 0 Å². The van der Waals surface area contributed by atoms with Gasteiger partial charge in [0.25, 0.3) is 0 Å². The van der Waals surface area contributed by atoms with Crippen LogP contribution in [-0.2, 0) is 14.0 Å². The van der Waals surface area contributed by atoms with Gasteiger partial charge in [-0.1, -0.05) is 13.3 Å². The van der Waals surface area contributed by atoms with E-state index in [1.807, 2.05) is 0 Å². The van der Waals surface area contributed by atoms with Crippen LogP contribution in [0.3, 0.4) is 0 Å². The molecule has 0 aromatic rings. The van der Waals surface area contributed by atoms with Crippen molar-refractivity contribution in [1.29, 1.82) is 0 Å². The predicted octanol–water partition coefficient (Wildman–Crippen LogP) is 2.39. The Hall–Kier alpha value is -0.0551. The van der Waals surface area contributed by atoms with Gasteiger partial charge in [-0.25, -0.2) is 0 Å². The first-order valence-corrected chi connectivity index (χ1v) is 5.48. The van der Waals surface area contributed by atoms with Gasteiger partial charge in [0.15, 0.2) is 0 Å². The summed E-state index contributed by atoms with van der Waals surface area (Å²) in [6.45, 7) is 9.05. The lowest BCUT2D eigenvalue weighted by Gasteiger charge is -2.37.